The Morgan fingerprint density at radius 2 is 1.63 bits per heavy atom. The number of aromatic nitrogens is 1. The number of fused-ring (bicyclic) bond motifs is 1. The first-order chi connectivity index (χ1) is 19.7. The molecule has 1 atom stereocenters. The van der Waals surface area contributed by atoms with Crippen LogP contribution in [0.25, 0.3) is 22.0 Å². The van der Waals surface area contributed by atoms with E-state index in [9.17, 15) is 10.1 Å². The second-order valence-corrected chi connectivity index (χ2v) is 10.8. The maximum atomic E-state index is 13.2. The van der Waals surface area contributed by atoms with Crippen LogP contribution in [0.5, 0.6) is 5.75 Å². The number of carbonyl (C=O) groups excluding carboxylic acids is 1. The number of ether oxygens (including phenoxy) is 1. The SMILES string of the molecule is Cc1c(C)n(Cc2ccc(-c3ccccc3C#N)cc2)c2ccc(C(=O)NC(C)c3ccc(OC(C)C)cc3)cc12. The molecule has 5 heteroatoms. The van der Waals surface area contributed by atoms with Crippen LogP contribution in [0.3, 0.4) is 0 Å². The van der Waals surface area contributed by atoms with E-state index in [1.54, 1.807) is 0 Å². The predicted octanol–water partition coefficient (Wildman–Crippen LogP) is 8.12. The highest BCUT2D eigenvalue weighted by Crippen LogP contribution is 2.29. The minimum absolute atomic E-state index is 0.0973. The maximum absolute atomic E-state index is 13.2. The van der Waals surface area contributed by atoms with Crippen LogP contribution >= 0.6 is 0 Å². The molecule has 41 heavy (non-hydrogen) atoms. The number of amides is 1. The summed E-state index contributed by atoms with van der Waals surface area (Å²) in [4.78, 5) is 13.2. The third-order valence-electron chi connectivity index (χ3n) is 7.65. The number of carbonyl (C=O) groups is 1. The summed E-state index contributed by atoms with van der Waals surface area (Å²) in [5, 5.41) is 13.7. The van der Waals surface area contributed by atoms with Crippen molar-refractivity contribution in [1.82, 2.24) is 9.88 Å². The number of aryl methyl sites for hydroxylation is 1. The molecule has 5 aromatic rings. The molecule has 206 valence electrons. The van der Waals surface area contributed by atoms with Gasteiger partial charge in [-0.2, -0.15) is 5.26 Å². The summed E-state index contributed by atoms with van der Waals surface area (Å²) < 4.78 is 8.03. The molecule has 0 saturated heterocycles. The molecule has 1 heterocycles. The van der Waals surface area contributed by atoms with Gasteiger partial charge in [0.05, 0.1) is 23.8 Å². The van der Waals surface area contributed by atoms with Crippen molar-refractivity contribution < 1.29 is 9.53 Å². The van der Waals surface area contributed by atoms with E-state index in [0.29, 0.717) is 11.1 Å². The predicted molar refractivity (Wildman–Crippen MR) is 165 cm³/mol. The van der Waals surface area contributed by atoms with Crippen molar-refractivity contribution in [2.24, 2.45) is 0 Å². The Labute approximate surface area is 242 Å². The number of benzene rings is 4. The van der Waals surface area contributed by atoms with Gasteiger partial charge in [-0.3, -0.25) is 4.79 Å². The summed E-state index contributed by atoms with van der Waals surface area (Å²) in [6, 6.07) is 32.0. The summed E-state index contributed by atoms with van der Waals surface area (Å²) in [6.07, 6.45) is 0.119. The Kier molecular flexibility index (Phi) is 7.94. The van der Waals surface area contributed by atoms with Crippen molar-refractivity contribution in [3.05, 3.63) is 125 Å². The molecule has 0 radical (unpaired) electrons. The van der Waals surface area contributed by atoms with E-state index in [2.05, 4.69) is 54.1 Å². The molecule has 1 N–H and O–H groups in total. The van der Waals surface area contributed by atoms with E-state index in [1.807, 2.05) is 87.5 Å². The van der Waals surface area contributed by atoms with E-state index in [0.717, 1.165) is 39.9 Å². The zero-order valence-electron chi connectivity index (χ0n) is 24.2. The van der Waals surface area contributed by atoms with Crippen molar-refractivity contribution >= 4 is 16.8 Å². The fourth-order valence-electron chi connectivity index (χ4n) is 5.27. The van der Waals surface area contributed by atoms with Crippen LogP contribution in [0.15, 0.2) is 91.0 Å². The standard InChI is InChI=1S/C36H35N3O2/c1-23(2)41-32-17-14-28(15-18-32)25(4)38-36(40)30-16-19-35-34(20-30)24(3)26(5)39(35)22-27-10-12-29(13-11-27)33-9-7-6-8-31(33)21-37/h6-20,23,25H,22H2,1-5H3,(H,38,40). The number of nitriles is 1. The van der Waals surface area contributed by atoms with E-state index in [4.69, 9.17) is 4.74 Å². The lowest BCUT2D eigenvalue weighted by Crippen LogP contribution is -2.26. The normalized spacial score (nSPS) is 11.8. The molecule has 5 nitrogen and oxygen atoms in total. The van der Waals surface area contributed by atoms with E-state index in [1.165, 1.54) is 16.8 Å². The lowest BCUT2D eigenvalue weighted by molar-refractivity contribution is 0.0940. The monoisotopic (exact) mass is 541 g/mol. The van der Waals surface area contributed by atoms with Crippen molar-refractivity contribution in [3.63, 3.8) is 0 Å². The molecule has 0 spiro atoms. The van der Waals surface area contributed by atoms with Gasteiger partial charge in [-0.15, -0.1) is 0 Å². The third kappa shape index (κ3) is 5.88. The molecule has 4 aromatic carbocycles. The van der Waals surface area contributed by atoms with Gasteiger partial charge in [0.2, 0.25) is 0 Å². The molecule has 0 aliphatic carbocycles. The second-order valence-electron chi connectivity index (χ2n) is 10.8. The molecule has 0 saturated carbocycles. The average Bonchev–Trinajstić information content (AvgIpc) is 3.21. The number of nitrogens with zero attached hydrogens (tertiary/aromatic N) is 2. The lowest BCUT2D eigenvalue weighted by atomic mass is 9.99. The molecule has 0 aliphatic rings. The minimum atomic E-state index is -0.137. The molecule has 0 fully saturated rings. The van der Waals surface area contributed by atoms with Crippen LogP contribution in [0.1, 0.15) is 65.1 Å². The van der Waals surface area contributed by atoms with E-state index < -0.39 is 0 Å². The highest BCUT2D eigenvalue weighted by Gasteiger charge is 2.16. The first kappa shape index (κ1) is 27.7. The van der Waals surface area contributed by atoms with Gasteiger partial charge in [-0.25, -0.2) is 0 Å². The van der Waals surface area contributed by atoms with Crippen LogP contribution in [-0.4, -0.2) is 16.6 Å². The zero-order valence-corrected chi connectivity index (χ0v) is 24.2. The first-order valence-electron chi connectivity index (χ1n) is 14.0. The van der Waals surface area contributed by atoms with Crippen LogP contribution in [-0.2, 0) is 6.54 Å². The van der Waals surface area contributed by atoms with Gasteiger partial charge < -0.3 is 14.6 Å². The fourth-order valence-corrected chi connectivity index (χ4v) is 5.27. The van der Waals surface area contributed by atoms with Crippen LogP contribution in [0.2, 0.25) is 0 Å². The summed E-state index contributed by atoms with van der Waals surface area (Å²) in [7, 11) is 0. The van der Waals surface area contributed by atoms with Crippen molar-refractivity contribution in [3.8, 4) is 22.9 Å². The van der Waals surface area contributed by atoms with Gasteiger partial charge >= 0.3 is 0 Å². The molecule has 1 amide bonds. The Hall–Kier alpha value is -4.82. The van der Waals surface area contributed by atoms with Gasteiger partial charge in [0.15, 0.2) is 0 Å². The Balaban J connectivity index is 1.33. The summed E-state index contributed by atoms with van der Waals surface area (Å²) in [5.74, 6) is 0.725. The fraction of sp³-hybridized carbons (Fsp3) is 0.222. The molecular formula is C36H35N3O2. The second kappa shape index (κ2) is 11.7. The molecule has 1 unspecified atom stereocenters. The molecule has 0 aliphatic heterocycles. The van der Waals surface area contributed by atoms with E-state index in [-0.39, 0.29) is 18.1 Å². The summed E-state index contributed by atoms with van der Waals surface area (Å²) in [5.41, 5.74) is 8.93. The Morgan fingerprint density at radius 3 is 2.32 bits per heavy atom. The summed E-state index contributed by atoms with van der Waals surface area (Å²) in [6.45, 7) is 10.9. The van der Waals surface area contributed by atoms with Crippen LogP contribution in [0.4, 0.5) is 0 Å². The number of rotatable bonds is 8. The third-order valence-corrected chi connectivity index (χ3v) is 7.65. The van der Waals surface area contributed by atoms with Crippen molar-refractivity contribution in [2.75, 3.05) is 0 Å². The minimum Gasteiger partial charge on any atom is -0.491 e. The van der Waals surface area contributed by atoms with Gasteiger partial charge in [-0.05, 0) is 98.8 Å². The maximum Gasteiger partial charge on any atom is 0.251 e. The highest BCUT2D eigenvalue weighted by atomic mass is 16.5. The molecule has 1 aromatic heterocycles. The van der Waals surface area contributed by atoms with Gasteiger partial charge in [0.1, 0.15) is 5.75 Å². The molecule has 5 rings (SSSR count). The van der Waals surface area contributed by atoms with Crippen molar-refractivity contribution in [2.45, 2.75) is 53.3 Å². The van der Waals surface area contributed by atoms with E-state index >= 15 is 0 Å². The van der Waals surface area contributed by atoms with Gasteiger partial charge in [-0.1, -0.05) is 54.6 Å². The van der Waals surface area contributed by atoms with Crippen LogP contribution in [0, 0.1) is 25.2 Å². The smallest absolute Gasteiger partial charge is 0.251 e. The zero-order chi connectivity index (χ0) is 29.1. The first-order valence-corrected chi connectivity index (χ1v) is 14.0. The molecule has 0 bridgehead atoms. The van der Waals surface area contributed by atoms with Gasteiger partial charge in [0, 0.05) is 28.7 Å². The summed E-state index contributed by atoms with van der Waals surface area (Å²) >= 11 is 0. The topological polar surface area (TPSA) is 67.0 Å². The Bertz CT molecular complexity index is 1740. The quantitative estimate of drug-likeness (QED) is 0.216. The van der Waals surface area contributed by atoms with Crippen molar-refractivity contribution in [1.29, 1.82) is 5.26 Å². The lowest BCUT2D eigenvalue weighted by Gasteiger charge is -2.16. The average molecular weight is 542 g/mol. The highest BCUT2D eigenvalue weighted by molar-refractivity contribution is 5.99. The largest absolute Gasteiger partial charge is 0.491 e. The number of hydrogen-bond donors (Lipinski definition) is 1. The number of hydrogen-bond acceptors (Lipinski definition) is 3. The Morgan fingerprint density at radius 1 is 0.927 bits per heavy atom. The molecular weight excluding hydrogens is 506 g/mol. The van der Waals surface area contributed by atoms with Crippen LogP contribution < -0.4 is 10.1 Å². The number of nitrogens with one attached hydrogen (secondary N) is 1. The van der Waals surface area contributed by atoms with Gasteiger partial charge in [0.25, 0.3) is 5.91 Å².